The number of aryl methyl sites for hydroxylation is 1. The van der Waals surface area contributed by atoms with Gasteiger partial charge in [0.15, 0.2) is 5.82 Å². The number of oxime groups is 1. The fourth-order valence-electron chi connectivity index (χ4n) is 3.95. The fraction of sp³-hybridized carbons (Fsp3) is 0.333. The number of carbonyl (C=O) groups excluding carboxylic acids is 1. The molecule has 0 unspecified atom stereocenters. The maximum absolute atomic E-state index is 14.2. The maximum Gasteiger partial charge on any atom is 0.435 e. The minimum absolute atomic E-state index is 0.0345. The summed E-state index contributed by atoms with van der Waals surface area (Å²) in [6.07, 6.45) is -5.70. The van der Waals surface area contributed by atoms with E-state index in [0.29, 0.717) is 5.56 Å². The Morgan fingerprint density at radius 3 is 2.36 bits per heavy atom. The number of nitrogens with zero attached hydrogens (tertiary/aromatic N) is 2. The van der Waals surface area contributed by atoms with E-state index < -0.39 is 61.8 Å². The van der Waals surface area contributed by atoms with Crippen molar-refractivity contribution in [3.05, 3.63) is 68.4 Å². The van der Waals surface area contributed by atoms with E-state index in [4.69, 9.17) is 33.2 Å². The molecule has 0 saturated carbocycles. The second-order valence-corrected chi connectivity index (χ2v) is 10.8. The van der Waals surface area contributed by atoms with E-state index in [0.717, 1.165) is 16.4 Å². The second kappa shape index (κ2) is 9.14. The van der Waals surface area contributed by atoms with Gasteiger partial charge in [-0.3, -0.25) is 4.79 Å². The largest absolute Gasteiger partial charge is 0.435 e. The number of rotatable bonds is 5. The van der Waals surface area contributed by atoms with Crippen molar-refractivity contribution < 1.29 is 35.6 Å². The zero-order valence-corrected chi connectivity index (χ0v) is 20.7. The predicted octanol–water partition coefficient (Wildman–Crippen LogP) is 3.64. The van der Waals surface area contributed by atoms with Crippen molar-refractivity contribution >= 4 is 45.0 Å². The van der Waals surface area contributed by atoms with E-state index in [-0.39, 0.29) is 29.9 Å². The number of hydrogen-bond acceptors (Lipinski definition) is 5. The van der Waals surface area contributed by atoms with Gasteiger partial charge in [-0.2, -0.15) is 25.9 Å². The van der Waals surface area contributed by atoms with E-state index >= 15 is 0 Å². The van der Waals surface area contributed by atoms with Crippen LogP contribution in [0, 0.1) is 12.7 Å². The zero-order valence-electron chi connectivity index (χ0n) is 18.4. The lowest BCUT2D eigenvalue weighted by molar-refractivity contribution is -0.275. The van der Waals surface area contributed by atoms with Crippen LogP contribution in [0.5, 0.6) is 0 Å². The van der Waals surface area contributed by atoms with E-state index in [1.54, 1.807) is 6.92 Å². The summed E-state index contributed by atoms with van der Waals surface area (Å²) in [6, 6.07) is 5.47. The number of carbonyl (C=O) groups is 1. The second-order valence-electron chi connectivity index (χ2n) is 8.45. The van der Waals surface area contributed by atoms with Gasteiger partial charge in [-0.25, -0.2) is 9.53 Å². The monoisotopic (exact) mass is 568 g/mol. The highest BCUT2D eigenvalue weighted by Gasteiger charge is 2.62. The Labute approximate surface area is 213 Å². The summed E-state index contributed by atoms with van der Waals surface area (Å²) in [5.41, 5.74) is -2.54. The van der Waals surface area contributed by atoms with Crippen molar-refractivity contribution in [3.8, 4) is 0 Å². The van der Waals surface area contributed by atoms with E-state index in [9.17, 15) is 30.8 Å². The van der Waals surface area contributed by atoms with Crippen molar-refractivity contribution in [1.82, 2.24) is 9.62 Å². The van der Waals surface area contributed by atoms with Gasteiger partial charge >= 0.3 is 6.18 Å². The molecule has 15 heteroatoms. The first kappa shape index (κ1) is 26.6. The molecule has 2 aliphatic rings. The maximum atomic E-state index is 14.2. The Hall–Kier alpha value is -2.45. The molecule has 1 amide bonds. The molecule has 0 aromatic heterocycles. The Morgan fingerprint density at radius 1 is 1.22 bits per heavy atom. The van der Waals surface area contributed by atoms with Gasteiger partial charge in [-0.15, -0.1) is 0 Å². The van der Waals surface area contributed by atoms with Crippen LogP contribution < -0.4 is 10.5 Å². The third-order valence-electron chi connectivity index (χ3n) is 5.98. The highest BCUT2D eigenvalue weighted by atomic mass is 35.5. The number of hydrogen-bond donors (Lipinski definition) is 2. The van der Waals surface area contributed by atoms with Crippen LogP contribution in [0.4, 0.5) is 17.6 Å². The lowest BCUT2D eigenvalue weighted by Gasteiger charge is -2.37. The van der Waals surface area contributed by atoms with Gasteiger partial charge in [-0.1, -0.05) is 34.4 Å². The highest BCUT2D eigenvalue weighted by Crippen LogP contribution is 2.50. The van der Waals surface area contributed by atoms with Gasteiger partial charge in [0.2, 0.25) is 0 Å². The van der Waals surface area contributed by atoms with Crippen LogP contribution in [0.25, 0.3) is 0 Å². The van der Waals surface area contributed by atoms with Crippen LogP contribution >= 0.6 is 23.2 Å². The van der Waals surface area contributed by atoms with Crippen LogP contribution in [-0.2, 0) is 20.6 Å². The van der Waals surface area contributed by atoms with Crippen molar-refractivity contribution in [2.24, 2.45) is 10.3 Å². The van der Waals surface area contributed by atoms with Gasteiger partial charge in [0.1, 0.15) is 0 Å². The van der Waals surface area contributed by atoms with Crippen molar-refractivity contribution in [1.29, 1.82) is 0 Å². The Kier molecular flexibility index (Phi) is 6.75. The van der Waals surface area contributed by atoms with Crippen LogP contribution in [0.3, 0.4) is 0 Å². The molecule has 2 heterocycles. The molecule has 4 rings (SSSR count). The van der Waals surface area contributed by atoms with Gasteiger partial charge in [0.25, 0.3) is 21.7 Å². The average Bonchev–Trinajstić information content (AvgIpc) is 3.19. The number of benzene rings is 2. The van der Waals surface area contributed by atoms with E-state index in [2.05, 4.69) is 10.5 Å². The molecule has 3 N–H and O–H groups in total. The molecule has 2 aromatic carbocycles. The topological polar surface area (TPSA) is 114 Å². The fourth-order valence-corrected chi connectivity index (χ4v) is 5.21. The first-order valence-electron chi connectivity index (χ1n) is 10.3. The summed E-state index contributed by atoms with van der Waals surface area (Å²) in [5.74, 6) is -1.54. The average molecular weight is 569 g/mol. The molecule has 36 heavy (non-hydrogen) atoms. The smallest absolute Gasteiger partial charge is 0.374 e. The third-order valence-corrected chi connectivity index (χ3v) is 7.55. The lowest BCUT2D eigenvalue weighted by Crippen LogP contribution is -2.62. The minimum Gasteiger partial charge on any atom is -0.374 e. The summed E-state index contributed by atoms with van der Waals surface area (Å²) < 4.78 is 79.9. The first-order chi connectivity index (χ1) is 16.6. The SMILES string of the molecule is Cc1cc(C2=NO[C@@](c3cc(Cl)c(F)c(Cl)c3)(C(F)(F)F)C2)ccc1C(=O)NC1CN(S(N)(=O)=O)C1. The molecule has 0 radical (unpaired) electrons. The van der Waals surface area contributed by atoms with Gasteiger partial charge in [0.05, 0.1) is 21.8 Å². The summed E-state index contributed by atoms with van der Waals surface area (Å²) in [6.45, 7) is 1.66. The van der Waals surface area contributed by atoms with E-state index in [1.807, 2.05) is 0 Å². The number of nitrogens with one attached hydrogen (secondary N) is 1. The van der Waals surface area contributed by atoms with Gasteiger partial charge < -0.3 is 10.2 Å². The number of nitrogens with two attached hydrogens (primary N) is 1. The third kappa shape index (κ3) is 4.77. The molecule has 0 bridgehead atoms. The minimum atomic E-state index is -4.95. The highest BCUT2D eigenvalue weighted by molar-refractivity contribution is 7.86. The van der Waals surface area contributed by atoms with Crippen LogP contribution in [-0.4, -0.2) is 49.6 Å². The Balaban J connectivity index is 1.54. The summed E-state index contributed by atoms with van der Waals surface area (Å²) >= 11 is 11.4. The van der Waals surface area contributed by atoms with Crippen molar-refractivity contribution in [2.45, 2.75) is 31.2 Å². The molecular formula is C21H18Cl2F4N4O4S. The van der Waals surface area contributed by atoms with Gasteiger partial charge in [-0.05, 0) is 42.3 Å². The zero-order chi connectivity index (χ0) is 26.6. The normalized spacial score (nSPS) is 21.1. The molecule has 1 saturated heterocycles. The molecule has 1 fully saturated rings. The standard InChI is InChI=1S/C21H18Cl2F4N4O4S/c1-10-4-11(2-3-14(10)19(32)29-13-8-31(9-13)36(28,33)34)17-7-20(35-30-17,21(25,26)27)12-5-15(22)18(24)16(23)6-12/h2-6,13H,7-9H2,1H3,(H,29,32)(H2,28,33,34)/t20-/m0/s1. The Morgan fingerprint density at radius 2 is 1.83 bits per heavy atom. The molecule has 8 nitrogen and oxygen atoms in total. The summed E-state index contributed by atoms with van der Waals surface area (Å²) in [7, 11) is -3.83. The molecule has 0 aliphatic carbocycles. The number of halogens is 6. The quantitative estimate of drug-likeness (QED) is 0.423. The van der Waals surface area contributed by atoms with Crippen LogP contribution in [0.2, 0.25) is 10.0 Å². The summed E-state index contributed by atoms with van der Waals surface area (Å²) in [5, 5.41) is 10.1. The van der Waals surface area contributed by atoms with Crippen LogP contribution in [0.1, 0.15) is 33.5 Å². The molecule has 194 valence electrons. The first-order valence-corrected chi connectivity index (χ1v) is 12.5. The van der Waals surface area contributed by atoms with Crippen molar-refractivity contribution in [3.63, 3.8) is 0 Å². The molecular weight excluding hydrogens is 551 g/mol. The van der Waals surface area contributed by atoms with Gasteiger partial charge in [0, 0.05) is 30.6 Å². The van der Waals surface area contributed by atoms with E-state index in [1.165, 1.54) is 18.2 Å². The molecule has 1 atom stereocenters. The summed E-state index contributed by atoms with van der Waals surface area (Å²) in [4.78, 5) is 17.5. The number of alkyl halides is 3. The van der Waals surface area contributed by atoms with Crippen LogP contribution in [0.15, 0.2) is 35.5 Å². The molecule has 2 aromatic rings. The predicted molar refractivity (Wildman–Crippen MR) is 124 cm³/mol. The lowest BCUT2D eigenvalue weighted by atomic mass is 9.86. The van der Waals surface area contributed by atoms with Crippen molar-refractivity contribution in [2.75, 3.05) is 13.1 Å². The number of amides is 1. The molecule has 0 spiro atoms. The molecule has 2 aliphatic heterocycles. The Bertz CT molecular complexity index is 1360.